The Labute approximate surface area is 162 Å². The van der Waals surface area contributed by atoms with Crippen LogP contribution in [0.25, 0.3) is 0 Å². The van der Waals surface area contributed by atoms with E-state index in [1.807, 2.05) is 0 Å². The summed E-state index contributed by atoms with van der Waals surface area (Å²) in [7, 11) is 0. The second-order valence-corrected chi connectivity index (χ2v) is 6.21. The summed E-state index contributed by atoms with van der Waals surface area (Å²) >= 11 is 0. The number of hydrogen-bond acceptors (Lipinski definition) is 6. The minimum absolute atomic E-state index is 0.00363. The SMILES string of the molecule is C=CCNC(=O)[C@@H](C)OC(=O)c1ccc(Cn2nc(C)c([N+](=O)[O-])c2C)cc1. The van der Waals surface area contributed by atoms with Gasteiger partial charge in [0.2, 0.25) is 0 Å². The fraction of sp³-hybridized carbons (Fsp3) is 0.316. The van der Waals surface area contributed by atoms with Gasteiger partial charge in [-0.05, 0) is 38.5 Å². The van der Waals surface area contributed by atoms with Gasteiger partial charge in [0.05, 0.1) is 17.0 Å². The van der Waals surface area contributed by atoms with E-state index in [1.54, 1.807) is 42.8 Å². The Morgan fingerprint density at radius 3 is 2.54 bits per heavy atom. The molecule has 9 heteroatoms. The molecule has 1 amide bonds. The number of aryl methyl sites for hydroxylation is 1. The highest BCUT2D eigenvalue weighted by Gasteiger charge is 2.22. The van der Waals surface area contributed by atoms with Crippen LogP contribution in [0.5, 0.6) is 0 Å². The zero-order valence-corrected chi connectivity index (χ0v) is 16.0. The maximum absolute atomic E-state index is 12.2. The Kier molecular flexibility index (Phi) is 6.64. The van der Waals surface area contributed by atoms with Crippen molar-refractivity contribution in [2.45, 2.75) is 33.4 Å². The Bertz CT molecular complexity index is 902. The van der Waals surface area contributed by atoms with Crippen LogP contribution in [0, 0.1) is 24.0 Å². The van der Waals surface area contributed by atoms with Crippen molar-refractivity contribution in [3.8, 4) is 0 Å². The van der Waals surface area contributed by atoms with Gasteiger partial charge in [-0.25, -0.2) is 4.79 Å². The molecule has 0 bridgehead atoms. The number of esters is 1. The maximum atomic E-state index is 12.2. The van der Waals surface area contributed by atoms with Crippen LogP contribution in [0.3, 0.4) is 0 Å². The van der Waals surface area contributed by atoms with Crippen molar-refractivity contribution in [2.24, 2.45) is 0 Å². The highest BCUT2D eigenvalue weighted by Crippen LogP contribution is 2.22. The van der Waals surface area contributed by atoms with Gasteiger partial charge in [0.15, 0.2) is 6.10 Å². The van der Waals surface area contributed by atoms with Gasteiger partial charge in [0.25, 0.3) is 5.91 Å². The molecule has 9 nitrogen and oxygen atoms in total. The number of amides is 1. The first-order valence-corrected chi connectivity index (χ1v) is 8.61. The zero-order valence-electron chi connectivity index (χ0n) is 16.0. The van der Waals surface area contributed by atoms with Crippen molar-refractivity contribution in [2.75, 3.05) is 6.54 Å². The molecule has 0 saturated carbocycles. The highest BCUT2D eigenvalue weighted by atomic mass is 16.6. The summed E-state index contributed by atoms with van der Waals surface area (Å²) in [5.41, 5.74) is 1.93. The third-order valence-electron chi connectivity index (χ3n) is 4.12. The summed E-state index contributed by atoms with van der Waals surface area (Å²) in [6.45, 7) is 8.84. The highest BCUT2D eigenvalue weighted by molar-refractivity contribution is 5.92. The maximum Gasteiger partial charge on any atom is 0.338 e. The van der Waals surface area contributed by atoms with Crippen LogP contribution < -0.4 is 5.32 Å². The monoisotopic (exact) mass is 386 g/mol. The van der Waals surface area contributed by atoms with Gasteiger partial charge in [-0.3, -0.25) is 19.6 Å². The van der Waals surface area contributed by atoms with Crippen molar-refractivity contribution >= 4 is 17.6 Å². The number of carbonyl (C=O) groups excluding carboxylic acids is 2. The third-order valence-corrected chi connectivity index (χ3v) is 4.12. The Morgan fingerprint density at radius 1 is 1.36 bits per heavy atom. The summed E-state index contributed by atoms with van der Waals surface area (Å²) in [6.07, 6.45) is 0.602. The Hall–Kier alpha value is -3.49. The number of nitro groups is 1. The van der Waals surface area contributed by atoms with Gasteiger partial charge in [-0.1, -0.05) is 18.2 Å². The summed E-state index contributed by atoms with van der Waals surface area (Å²) in [5, 5.41) is 17.8. The number of hydrogen-bond donors (Lipinski definition) is 1. The quantitative estimate of drug-likeness (QED) is 0.322. The first-order chi connectivity index (χ1) is 13.2. The average molecular weight is 386 g/mol. The van der Waals surface area contributed by atoms with Gasteiger partial charge in [-0.2, -0.15) is 5.10 Å². The number of benzene rings is 1. The topological polar surface area (TPSA) is 116 Å². The average Bonchev–Trinajstić information content (AvgIpc) is 2.93. The molecule has 1 aromatic heterocycles. The molecule has 0 aliphatic rings. The van der Waals surface area contributed by atoms with E-state index in [0.717, 1.165) is 5.56 Å². The Balaban J connectivity index is 2.04. The van der Waals surface area contributed by atoms with Gasteiger partial charge >= 0.3 is 11.7 Å². The van der Waals surface area contributed by atoms with E-state index in [0.29, 0.717) is 30.0 Å². The molecule has 0 spiro atoms. The molecule has 0 radical (unpaired) electrons. The molecule has 1 N–H and O–H groups in total. The largest absolute Gasteiger partial charge is 0.449 e. The molecule has 0 fully saturated rings. The van der Waals surface area contributed by atoms with E-state index < -0.39 is 22.9 Å². The third kappa shape index (κ3) is 4.81. The normalized spacial score (nSPS) is 11.5. The zero-order chi connectivity index (χ0) is 20.8. The molecular formula is C19H22N4O5. The molecule has 28 heavy (non-hydrogen) atoms. The second kappa shape index (κ2) is 8.94. The second-order valence-electron chi connectivity index (χ2n) is 6.21. The first-order valence-electron chi connectivity index (χ1n) is 8.61. The first kappa shape index (κ1) is 20.8. The summed E-state index contributed by atoms with van der Waals surface area (Å²) < 4.78 is 6.69. The van der Waals surface area contributed by atoms with Crippen LogP contribution in [0.15, 0.2) is 36.9 Å². The van der Waals surface area contributed by atoms with E-state index in [-0.39, 0.29) is 5.69 Å². The van der Waals surface area contributed by atoms with Crippen LogP contribution in [0.1, 0.15) is 34.2 Å². The van der Waals surface area contributed by atoms with Gasteiger partial charge in [-0.15, -0.1) is 6.58 Å². The number of ether oxygens (including phenoxy) is 1. The number of aromatic nitrogens is 2. The standard InChI is InChI=1S/C19H22N4O5/c1-5-10-20-18(24)14(4)28-19(25)16-8-6-15(7-9-16)11-22-13(3)17(23(26)27)12(2)21-22/h5-9,14H,1,10-11H2,2-4H3,(H,20,24)/t14-/m1/s1. The smallest absolute Gasteiger partial charge is 0.338 e. The molecule has 2 aromatic rings. The van der Waals surface area contributed by atoms with Gasteiger partial charge in [0.1, 0.15) is 11.4 Å². The number of nitrogens with zero attached hydrogens (tertiary/aromatic N) is 3. The van der Waals surface area contributed by atoms with Crippen LogP contribution in [-0.4, -0.2) is 39.2 Å². The van der Waals surface area contributed by atoms with Crippen molar-refractivity contribution in [3.63, 3.8) is 0 Å². The molecule has 2 rings (SSSR count). The minimum Gasteiger partial charge on any atom is -0.449 e. The molecule has 0 saturated heterocycles. The molecule has 0 unspecified atom stereocenters. The van der Waals surface area contributed by atoms with Crippen LogP contribution in [-0.2, 0) is 16.1 Å². The van der Waals surface area contributed by atoms with Crippen molar-refractivity contribution in [1.82, 2.24) is 15.1 Å². The predicted octanol–water partition coefficient (Wildman–Crippen LogP) is 2.30. The van der Waals surface area contributed by atoms with Gasteiger partial charge in [0, 0.05) is 6.54 Å². The van der Waals surface area contributed by atoms with Gasteiger partial charge < -0.3 is 10.1 Å². The lowest BCUT2D eigenvalue weighted by Gasteiger charge is -2.13. The lowest BCUT2D eigenvalue weighted by Crippen LogP contribution is -2.35. The summed E-state index contributed by atoms with van der Waals surface area (Å²) in [6, 6.07) is 6.57. The molecule has 1 atom stereocenters. The van der Waals surface area contributed by atoms with Crippen LogP contribution >= 0.6 is 0 Å². The van der Waals surface area contributed by atoms with E-state index in [9.17, 15) is 19.7 Å². The molecule has 1 aromatic carbocycles. The number of rotatable bonds is 8. The van der Waals surface area contributed by atoms with Crippen molar-refractivity contribution in [1.29, 1.82) is 0 Å². The van der Waals surface area contributed by atoms with E-state index >= 15 is 0 Å². The van der Waals surface area contributed by atoms with E-state index in [1.165, 1.54) is 13.0 Å². The number of carbonyl (C=O) groups is 2. The van der Waals surface area contributed by atoms with Crippen LogP contribution in [0.2, 0.25) is 0 Å². The Morgan fingerprint density at radius 2 is 2.00 bits per heavy atom. The lowest BCUT2D eigenvalue weighted by atomic mass is 10.1. The molecule has 0 aliphatic heterocycles. The fourth-order valence-electron chi connectivity index (χ4n) is 2.62. The van der Waals surface area contributed by atoms with Crippen molar-refractivity contribution < 1.29 is 19.2 Å². The predicted molar refractivity (Wildman–Crippen MR) is 102 cm³/mol. The summed E-state index contributed by atoms with van der Waals surface area (Å²) in [5.74, 6) is -1.02. The minimum atomic E-state index is -0.928. The van der Waals surface area contributed by atoms with E-state index in [2.05, 4.69) is 17.0 Å². The summed E-state index contributed by atoms with van der Waals surface area (Å²) in [4.78, 5) is 34.6. The molecular weight excluding hydrogens is 364 g/mol. The van der Waals surface area contributed by atoms with Crippen molar-refractivity contribution in [3.05, 3.63) is 69.5 Å². The lowest BCUT2D eigenvalue weighted by molar-refractivity contribution is -0.386. The van der Waals surface area contributed by atoms with Crippen LogP contribution in [0.4, 0.5) is 5.69 Å². The molecule has 0 aliphatic carbocycles. The fourth-order valence-corrected chi connectivity index (χ4v) is 2.62. The number of nitrogens with one attached hydrogen (secondary N) is 1. The molecule has 1 heterocycles. The van der Waals surface area contributed by atoms with E-state index in [4.69, 9.17) is 4.74 Å². The molecule has 148 valence electrons.